The molecule has 0 fully saturated rings. The fourth-order valence-electron chi connectivity index (χ4n) is 2.43. The lowest BCUT2D eigenvalue weighted by molar-refractivity contribution is -0.114. The second-order valence-corrected chi connectivity index (χ2v) is 5.36. The molecule has 0 aromatic carbocycles. The van der Waals surface area contributed by atoms with Gasteiger partial charge in [-0.2, -0.15) is 0 Å². The summed E-state index contributed by atoms with van der Waals surface area (Å²) in [6, 6.07) is 3.77. The zero-order valence-electron chi connectivity index (χ0n) is 13.8. The molecule has 0 radical (unpaired) electrons. The number of Topliss-reactive ketones (excluding diaryl/α,β-unsaturated/α-hetero) is 1. The number of nitrogen functional groups attached to an aromatic ring is 1. The van der Waals surface area contributed by atoms with E-state index in [0.29, 0.717) is 17.8 Å². The number of fused-ring (bicyclic) bond motifs is 1. The fourth-order valence-corrected chi connectivity index (χ4v) is 2.43. The summed E-state index contributed by atoms with van der Waals surface area (Å²) in [6.07, 6.45) is 7.77. The van der Waals surface area contributed by atoms with Gasteiger partial charge in [-0.15, -0.1) is 0 Å². The van der Waals surface area contributed by atoms with Gasteiger partial charge in [-0.1, -0.05) is 19.6 Å². The maximum Gasteiger partial charge on any atom is 0.162 e. The van der Waals surface area contributed by atoms with E-state index in [4.69, 9.17) is 5.73 Å². The van der Waals surface area contributed by atoms with Gasteiger partial charge in [0.15, 0.2) is 5.78 Å². The molecular formula is C19H21N3O. The van der Waals surface area contributed by atoms with Crippen LogP contribution in [-0.2, 0) is 4.79 Å². The number of allylic oxidation sites excluding steroid dienone is 5. The minimum absolute atomic E-state index is 0.0472. The zero-order chi connectivity index (χ0) is 17.0. The van der Waals surface area contributed by atoms with Crippen molar-refractivity contribution in [1.82, 2.24) is 9.97 Å². The van der Waals surface area contributed by atoms with Gasteiger partial charge < -0.3 is 5.73 Å². The van der Waals surface area contributed by atoms with Crippen LogP contribution in [0.25, 0.3) is 16.3 Å². The molecule has 0 saturated carbocycles. The van der Waals surface area contributed by atoms with Crippen molar-refractivity contribution in [2.75, 3.05) is 5.73 Å². The van der Waals surface area contributed by atoms with E-state index < -0.39 is 0 Å². The number of rotatable bonds is 5. The quantitative estimate of drug-likeness (QED) is 0.667. The third-order valence-corrected chi connectivity index (χ3v) is 3.68. The highest BCUT2D eigenvalue weighted by atomic mass is 16.1. The van der Waals surface area contributed by atoms with Gasteiger partial charge in [0.25, 0.3) is 0 Å². The lowest BCUT2D eigenvalue weighted by Gasteiger charge is -2.09. The largest absolute Gasteiger partial charge is 0.384 e. The van der Waals surface area contributed by atoms with Crippen molar-refractivity contribution in [3.05, 3.63) is 60.1 Å². The Hall–Kier alpha value is -2.75. The average Bonchev–Trinajstić information content (AvgIpc) is 2.54. The highest BCUT2D eigenvalue weighted by Crippen LogP contribution is 2.25. The third-order valence-electron chi connectivity index (χ3n) is 3.68. The zero-order valence-corrected chi connectivity index (χ0v) is 13.8. The van der Waals surface area contributed by atoms with Crippen LogP contribution >= 0.6 is 0 Å². The molecule has 2 heterocycles. The Kier molecular flexibility index (Phi) is 5.06. The second kappa shape index (κ2) is 7.01. The van der Waals surface area contributed by atoms with Crippen LogP contribution in [-0.4, -0.2) is 15.8 Å². The Morgan fingerprint density at radius 1 is 1.26 bits per heavy atom. The summed E-state index contributed by atoms with van der Waals surface area (Å²) in [5, 5.41) is 1.92. The van der Waals surface area contributed by atoms with Gasteiger partial charge in [0.2, 0.25) is 0 Å². The van der Waals surface area contributed by atoms with Crippen molar-refractivity contribution < 1.29 is 4.79 Å². The smallest absolute Gasteiger partial charge is 0.162 e. The number of ketones is 1. The first-order valence-electron chi connectivity index (χ1n) is 7.55. The molecule has 4 nitrogen and oxygen atoms in total. The van der Waals surface area contributed by atoms with Crippen LogP contribution in [0, 0.1) is 0 Å². The number of aromatic nitrogens is 2. The Bertz CT molecular complexity index is 832. The Labute approximate surface area is 136 Å². The molecule has 0 atom stereocenters. The average molecular weight is 307 g/mol. The minimum Gasteiger partial charge on any atom is -0.384 e. The number of carbonyl (C=O) groups excluding carboxylic acids is 1. The molecule has 2 N–H and O–H groups in total. The van der Waals surface area contributed by atoms with E-state index in [0.717, 1.165) is 27.6 Å². The van der Waals surface area contributed by atoms with Crippen LogP contribution in [0.5, 0.6) is 0 Å². The van der Waals surface area contributed by atoms with Crippen molar-refractivity contribution in [3.63, 3.8) is 0 Å². The van der Waals surface area contributed by atoms with Gasteiger partial charge in [-0.3, -0.25) is 9.78 Å². The van der Waals surface area contributed by atoms with E-state index in [-0.39, 0.29) is 5.78 Å². The first-order chi connectivity index (χ1) is 11.0. The predicted molar refractivity (Wildman–Crippen MR) is 95.8 cm³/mol. The highest BCUT2D eigenvalue weighted by Gasteiger charge is 2.09. The van der Waals surface area contributed by atoms with Crippen LogP contribution in [0.2, 0.25) is 0 Å². The normalized spacial score (nSPS) is 12.5. The lowest BCUT2D eigenvalue weighted by Crippen LogP contribution is -1.98. The Balaban J connectivity index is 2.41. The maximum absolute atomic E-state index is 11.7. The number of pyridine rings is 2. The van der Waals surface area contributed by atoms with Crippen molar-refractivity contribution in [3.8, 4) is 0 Å². The van der Waals surface area contributed by atoms with E-state index in [2.05, 4.69) is 16.5 Å². The van der Waals surface area contributed by atoms with Crippen molar-refractivity contribution in [1.29, 1.82) is 0 Å². The molecule has 0 aliphatic heterocycles. The molecule has 0 unspecified atom stereocenters. The topological polar surface area (TPSA) is 68.9 Å². The first kappa shape index (κ1) is 16.6. The molecule has 23 heavy (non-hydrogen) atoms. The van der Waals surface area contributed by atoms with E-state index >= 15 is 0 Å². The summed E-state index contributed by atoms with van der Waals surface area (Å²) in [6.45, 7) is 9.57. The number of anilines is 1. The van der Waals surface area contributed by atoms with Gasteiger partial charge in [0, 0.05) is 35.2 Å². The predicted octanol–water partition coefficient (Wildman–Crippen LogP) is 4.10. The standard InChI is InChI=1S/C19H21N3O/c1-5-16(12(3)7-13(4)18(23)6-2)17-8-14-11-22-19(20)9-15(14)10-21-17/h5,7-11H,4,6H2,1-3H3,(H2,20,22)/b12-7-,16-5+. The van der Waals surface area contributed by atoms with E-state index in [1.165, 1.54) is 0 Å². The van der Waals surface area contributed by atoms with Crippen LogP contribution in [0.3, 0.4) is 0 Å². The molecule has 0 bridgehead atoms. The molecule has 0 saturated heterocycles. The molecule has 2 rings (SSSR count). The van der Waals surface area contributed by atoms with Crippen LogP contribution < -0.4 is 5.73 Å². The minimum atomic E-state index is 0.0472. The number of hydrogen-bond donors (Lipinski definition) is 1. The second-order valence-electron chi connectivity index (χ2n) is 5.36. The summed E-state index contributed by atoms with van der Waals surface area (Å²) in [4.78, 5) is 20.3. The molecule has 0 amide bonds. The molecular weight excluding hydrogens is 286 g/mol. The Morgan fingerprint density at radius 3 is 2.57 bits per heavy atom. The number of nitrogens with two attached hydrogens (primary N) is 1. The summed E-state index contributed by atoms with van der Waals surface area (Å²) in [5.74, 6) is 0.523. The molecule has 0 aliphatic rings. The molecule has 0 aliphatic carbocycles. The van der Waals surface area contributed by atoms with E-state index in [1.54, 1.807) is 18.5 Å². The molecule has 0 spiro atoms. The van der Waals surface area contributed by atoms with Crippen molar-refractivity contribution >= 4 is 27.9 Å². The van der Waals surface area contributed by atoms with Crippen LogP contribution in [0.15, 0.2) is 54.4 Å². The van der Waals surface area contributed by atoms with E-state index in [9.17, 15) is 4.79 Å². The van der Waals surface area contributed by atoms with Crippen LogP contribution in [0.4, 0.5) is 5.82 Å². The summed E-state index contributed by atoms with van der Waals surface area (Å²) < 4.78 is 0. The van der Waals surface area contributed by atoms with Crippen molar-refractivity contribution in [2.24, 2.45) is 0 Å². The summed E-state index contributed by atoms with van der Waals surface area (Å²) in [5.41, 5.74) is 8.96. The highest BCUT2D eigenvalue weighted by molar-refractivity contribution is 5.98. The van der Waals surface area contributed by atoms with Gasteiger partial charge in [0.05, 0.1) is 5.69 Å². The van der Waals surface area contributed by atoms with Gasteiger partial charge in [-0.25, -0.2) is 4.98 Å². The molecule has 2 aromatic heterocycles. The molecule has 4 heteroatoms. The van der Waals surface area contributed by atoms with Gasteiger partial charge >= 0.3 is 0 Å². The van der Waals surface area contributed by atoms with Crippen LogP contribution in [0.1, 0.15) is 32.9 Å². The van der Waals surface area contributed by atoms with Gasteiger partial charge in [0.1, 0.15) is 5.82 Å². The monoisotopic (exact) mass is 307 g/mol. The lowest BCUT2D eigenvalue weighted by atomic mass is 9.98. The number of carbonyl (C=O) groups is 1. The first-order valence-corrected chi connectivity index (χ1v) is 7.55. The number of hydrogen-bond acceptors (Lipinski definition) is 4. The molecule has 118 valence electrons. The van der Waals surface area contributed by atoms with Gasteiger partial charge in [-0.05, 0) is 43.2 Å². The van der Waals surface area contributed by atoms with Crippen molar-refractivity contribution in [2.45, 2.75) is 27.2 Å². The SMILES string of the molecule is C=C(/C=C(C)\C(=C/C)c1cc2cnc(N)cc2cn1)C(=O)CC. The molecule has 2 aromatic rings. The Morgan fingerprint density at radius 2 is 1.91 bits per heavy atom. The summed E-state index contributed by atoms with van der Waals surface area (Å²) >= 11 is 0. The number of nitrogens with zero attached hydrogens (tertiary/aromatic N) is 2. The fraction of sp³-hybridized carbons (Fsp3) is 0.211. The third kappa shape index (κ3) is 3.72. The maximum atomic E-state index is 11.7. The summed E-state index contributed by atoms with van der Waals surface area (Å²) in [7, 11) is 0. The van der Waals surface area contributed by atoms with E-state index in [1.807, 2.05) is 39.0 Å².